The lowest BCUT2D eigenvalue weighted by Gasteiger charge is -2.27. The van der Waals surface area contributed by atoms with Gasteiger partial charge in [-0.05, 0) is 12.1 Å². The van der Waals surface area contributed by atoms with Gasteiger partial charge < -0.3 is 25.8 Å². The van der Waals surface area contributed by atoms with Crippen molar-refractivity contribution in [2.24, 2.45) is 10.7 Å². The van der Waals surface area contributed by atoms with Gasteiger partial charge in [0, 0.05) is 19.6 Å². The molecule has 1 aromatic carbocycles. The second-order valence-electron chi connectivity index (χ2n) is 4.61. The van der Waals surface area contributed by atoms with E-state index in [1.165, 1.54) is 6.07 Å². The fourth-order valence-corrected chi connectivity index (χ4v) is 1.99. The van der Waals surface area contributed by atoms with Crippen LogP contribution in [0.4, 0.5) is 0 Å². The maximum absolute atomic E-state index is 11.8. The number of phenolic OH excluding ortho intramolecular Hbond substituents is 1. The first kappa shape index (κ1) is 15.1. The van der Waals surface area contributed by atoms with Gasteiger partial charge in [-0.2, -0.15) is 0 Å². The van der Waals surface area contributed by atoms with E-state index in [9.17, 15) is 9.90 Å². The number of hydrogen-bond donors (Lipinski definition) is 3. The molecule has 0 saturated carbocycles. The predicted molar refractivity (Wildman–Crippen MR) is 79.3 cm³/mol. The molecule has 7 heteroatoms. The van der Waals surface area contributed by atoms with Gasteiger partial charge in [0.25, 0.3) is 5.91 Å². The monoisotopic (exact) mass is 292 g/mol. The number of morpholine rings is 1. The molecule has 0 unspecified atom stereocenters. The van der Waals surface area contributed by atoms with Crippen LogP contribution in [0.2, 0.25) is 0 Å². The molecule has 1 aliphatic rings. The summed E-state index contributed by atoms with van der Waals surface area (Å²) in [4.78, 5) is 18.0. The third-order valence-electron chi connectivity index (χ3n) is 3.15. The Labute approximate surface area is 123 Å². The van der Waals surface area contributed by atoms with Crippen LogP contribution in [0.3, 0.4) is 0 Å². The Hall–Kier alpha value is -2.28. The van der Waals surface area contributed by atoms with E-state index in [-0.39, 0.29) is 17.2 Å². The van der Waals surface area contributed by atoms with E-state index in [1.54, 1.807) is 18.2 Å². The highest BCUT2D eigenvalue weighted by molar-refractivity contribution is 5.96. The highest BCUT2D eigenvalue weighted by Crippen LogP contribution is 2.14. The molecule has 0 bridgehead atoms. The Morgan fingerprint density at radius 2 is 2.10 bits per heavy atom. The molecule has 7 nitrogen and oxygen atoms in total. The molecule has 2 rings (SSSR count). The molecule has 1 saturated heterocycles. The molecular formula is C14H20N4O3. The summed E-state index contributed by atoms with van der Waals surface area (Å²) in [5.41, 5.74) is 6.12. The maximum Gasteiger partial charge on any atom is 0.255 e. The summed E-state index contributed by atoms with van der Waals surface area (Å²) in [5.74, 6) is 0.106. The molecule has 21 heavy (non-hydrogen) atoms. The topological polar surface area (TPSA) is 100 Å². The van der Waals surface area contributed by atoms with Crippen LogP contribution in [0.1, 0.15) is 10.4 Å². The zero-order valence-electron chi connectivity index (χ0n) is 11.8. The van der Waals surface area contributed by atoms with Crippen LogP contribution in [0.5, 0.6) is 5.75 Å². The van der Waals surface area contributed by atoms with Gasteiger partial charge in [0.15, 0.2) is 5.96 Å². The molecule has 1 aliphatic heterocycles. The van der Waals surface area contributed by atoms with E-state index >= 15 is 0 Å². The SMILES string of the molecule is NC(=NCCNC(=O)c1ccccc1O)N1CCOCC1. The summed E-state index contributed by atoms with van der Waals surface area (Å²) in [5, 5.41) is 12.3. The first-order valence-electron chi connectivity index (χ1n) is 6.87. The lowest BCUT2D eigenvalue weighted by atomic mass is 10.2. The van der Waals surface area contributed by atoms with Crippen molar-refractivity contribution in [2.75, 3.05) is 39.4 Å². The van der Waals surface area contributed by atoms with E-state index in [1.807, 2.05) is 4.90 Å². The van der Waals surface area contributed by atoms with Crippen LogP contribution in [0.15, 0.2) is 29.3 Å². The number of hydrogen-bond acceptors (Lipinski definition) is 4. The van der Waals surface area contributed by atoms with Crippen molar-refractivity contribution in [3.05, 3.63) is 29.8 Å². The highest BCUT2D eigenvalue weighted by atomic mass is 16.5. The third kappa shape index (κ3) is 4.35. The third-order valence-corrected chi connectivity index (χ3v) is 3.15. The number of nitrogens with zero attached hydrogens (tertiary/aromatic N) is 2. The molecule has 0 radical (unpaired) electrons. The number of aromatic hydroxyl groups is 1. The molecule has 1 aromatic rings. The summed E-state index contributed by atoms with van der Waals surface area (Å²) in [6.45, 7) is 3.53. The van der Waals surface area contributed by atoms with Gasteiger partial charge in [0.1, 0.15) is 5.75 Å². The number of ether oxygens (including phenoxy) is 1. The van der Waals surface area contributed by atoms with E-state index in [4.69, 9.17) is 10.5 Å². The average Bonchev–Trinajstić information content (AvgIpc) is 2.52. The molecule has 114 valence electrons. The van der Waals surface area contributed by atoms with Crippen molar-refractivity contribution in [1.82, 2.24) is 10.2 Å². The molecular weight excluding hydrogens is 272 g/mol. The Morgan fingerprint density at radius 3 is 2.81 bits per heavy atom. The molecule has 1 amide bonds. The molecule has 1 heterocycles. The van der Waals surface area contributed by atoms with Gasteiger partial charge in [-0.25, -0.2) is 0 Å². The van der Waals surface area contributed by atoms with Crippen molar-refractivity contribution in [2.45, 2.75) is 0 Å². The lowest BCUT2D eigenvalue weighted by molar-refractivity contribution is 0.0674. The molecule has 1 fully saturated rings. The number of guanidine groups is 1. The number of benzene rings is 1. The van der Waals surface area contributed by atoms with E-state index in [0.29, 0.717) is 32.3 Å². The van der Waals surface area contributed by atoms with Crippen molar-refractivity contribution in [3.8, 4) is 5.75 Å². The summed E-state index contributed by atoms with van der Waals surface area (Å²) in [6, 6.07) is 6.40. The van der Waals surface area contributed by atoms with Crippen LogP contribution in [0, 0.1) is 0 Å². The van der Waals surface area contributed by atoms with Crippen LogP contribution >= 0.6 is 0 Å². The Balaban J connectivity index is 1.76. The number of carbonyl (C=O) groups excluding carboxylic acids is 1. The van der Waals surface area contributed by atoms with Crippen LogP contribution in [-0.4, -0.2) is 61.3 Å². The standard InChI is InChI=1S/C14H20N4O3/c15-14(18-7-9-21-10-8-18)17-6-5-16-13(20)11-3-1-2-4-12(11)19/h1-4,19H,5-10H2,(H2,15,17)(H,16,20). The minimum absolute atomic E-state index is 0.0358. The van der Waals surface area contributed by atoms with E-state index < -0.39 is 0 Å². The van der Waals surface area contributed by atoms with Crippen molar-refractivity contribution < 1.29 is 14.6 Å². The number of rotatable bonds is 4. The first-order valence-corrected chi connectivity index (χ1v) is 6.87. The quantitative estimate of drug-likeness (QED) is 0.404. The second kappa shape index (κ2) is 7.49. The van der Waals surface area contributed by atoms with Crippen molar-refractivity contribution >= 4 is 11.9 Å². The number of nitrogens with one attached hydrogen (secondary N) is 1. The summed E-state index contributed by atoms with van der Waals surface area (Å²) in [6.07, 6.45) is 0. The highest BCUT2D eigenvalue weighted by Gasteiger charge is 2.12. The molecule has 0 spiro atoms. The molecule has 0 aliphatic carbocycles. The minimum atomic E-state index is -0.326. The van der Waals surface area contributed by atoms with Crippen molar-refractivity contribution in [3.63, 3.8) is 0 Å². The van der Waals surface area contributed by atoms with E-state index in [0.717, 1.165) is 13.1 Å². The van der Waals surface area contributed by atoms with Gasteiger partial charge in [0.2, 0.25) is 0 Å². The maximum atomic E-state index is 11.8. The fourth-order valence-electron chi connectivity index (χ4n) is 1.99. The number of nitrogens with two attached hydrogens (primary N) is 1. The van der Waals surface area contributed by atoms with Gasteiger partial charge in [-0.15, -0.1) is 0 Å². The Kier molecular flexibility index (Phi) is 5.39. The number of aliphatic imine (C=N–C) groups is 1. The minimum Gasteiger partial charge on any atom is -0.507 e. The van der Waals surface area contributed by atoms with Crippen LogP contribution in [0.25, 0.3) is 0 Å². The summed E-state index contributed by atoms with van der Waals surface area (Å²) in [7, 11) is 0. The van der Waals surface area contributed by atoms with Gasteiger partial charge >= 0.3 is 0 Å². The summed E-state index contributed by atoms with van der Waals surface area (Å²) < 4.78 is 5.23. The fraction of sp³-hybridized carbons (Fsp3) is 0.429. The first-order chi connectivity index (χ1) is 10.2. The molecule has 0 atom stereocenters. The lowest BCUT2D eigenvalue weighted by Crippen LogP contribution is -2.45. The smallest absolute Gasteiger partial charge is 0.255 e. The zero-order chi connectivity index (χ0) is 15.1. The second-order valence-corrected chi connectivity index (χ2v) is 4.61. The number of phenols is 1. The molecule has 0 aromatic heterocycles. The van der Waals surface area contributed by atoms with Gasteiger partial charge in [-0.3, -0.25) is 9.79 Å². The van der Waals surface area contributed by atoms with Crippen LogP contribution in [-0.2, 0) is 4.74 Å². The summed E-state index contributed by atoms with van der Waals surface area (Å²) >= 11 is 0. The Morgan fingerprint density at radius 1 is 1.38 bits per heavy atom. The predicted octanol–water partition coefficient (Wildman–Crippen LogP) is -0.231. The van der Waals surface area contributed by atoms with Gasteiger partial charge in [-0.1, -0.05) is 12.1 Å². The Bertz CT molecular complexity index is 513. The molecule has 4 N–H and O–H groups in total. The van der Waals surface area contributed by atoms with Gasteiger partial charge in [0.05, 0.1) is 25.3 Å². The van der Waals surface area contributed by atoms with E-state index in [2.05, 4.69) is 10.3 Å². The average molecular weight is 292 g/mol. The van der Waals surface area contributed by atoms with Crippen LogP contribution < -0.4 is 11.1 Å². The van der Waals surface area contributed by atoms with Crippen molar-refractivity contribution in [1.29, 1.82) is 0 Å². The normalized spacial score (nSPS) is 15.8. The number of amides is 1. The largest absolute Gasteiger partial charge is 0.507 e. The number of para-hydroxylation sites is 1. The zero-order valence-corrected chi connectivity index (χ0v) is 11.8. The number of carbonyl (C=O) groups is 1.